The molecule has 3 aliphatic rings. The van der Waals surface area contributed by atoms with E-state index in [0.29, 0.717) is 0 Å². The minimum Gasteiger partial charge on any atom is -0.214 e. The van der Waals surface area contributed by atoms with Crippen molar-refractivity contribution in [2.24, 2.45) is 0 Å². The molecule has 0 spiro atoms. The molecule has 68 valence electrons. The molecule has 3 aliphatic heterocycles. The van der Waals surface area contributed by atoms with E-state index in [0.717, 1.165) is 13.3 Å². The van der Waals surface area contributed by atoms with Crippen molar-refractivity contribution in [3.05, 3.63) is 0 Å². The summed E-state index contributed by atoms with van der Waals surface area (Å²) in [5, 5.41) is 9.77. The summed E-state index contributed by atoms with van der Waals surface area (Å²) in [5.74, 6) is 4.69. The third-order valence-electron chi connectivity index (χ3n) is 2.41. The van der Waals surface area contributed by atoms with Crippen LogP contribution in [0, 0.1) is 0 Å². The Hall–Kier alpha value is 0.540. The molecule has 4 bridgehead atoms. The second kappa shape index (κ2) is 3.04. The largest absolute Gasteiger partial charge is 0.214 e. The van der Waals surface area contributed by atoms with Gasteiger partial charge in [-0.05, 0) is 0 Å². The summed E-state index contributed by atoms with van der Waals surface area (Å²) in [6.45, 7) is 2.21. The van der Waals surface area contributed by atoms with Crippen LogP contribution >= 0.6 is 23.5 Å². The van der Waals surface area contributed by atoms with E-state index < -0.39 is 0 Å². The minimum atomic E-state index is 1.10. The summed E-state index contributed by atoms with van der Waals surface area (Å²) in [6, 6.07) is 0. The Morgan fingerprint density at radius 2 is 0.917 bits per heavy atom. The van der Waals surface area contributed by atoms with Gasteiger partial charge >= 0.3 is 0 Å². The van der Waals surface area contributed by atoms with Crippen LogP contribution in [0.1, 0.15) is 0 Å². The number of hydrazine groups is 2. The van der Waals surface area contributed by atoms with Crippen molar-refractivity contribution < 1.29 is 0 Å². The van der Waals surface area contributed by atoms with Crippen LogP contribution in [0.3, 0.4) is 0 Å². The fraction of sp³-hybridized carbons (Fsp3) is 1.00. The zero-order valence-corrected chi connectivity index (χ0v) is 8.48. The van der Waals surface area contributed by atoms with E-state index in [1.54, 1.807) is 0 Å². The molecule has 4 unspecified atom stereocenters. The lowest BCUT2D eigenvalue weighted by Gasteiger charge is -2.54. The topological polar surface area (TPSA) is 13.0 Å². The number of hydrogen-bond donors (Lipinski definition) is 0. The molecule has 3 heterocycles. The van der Waals surface area contributed by atoms with Crippen LogP contribution in [0.15, 0.2) is 0 Å². The van der Waals surface area contributed by atoms with Crippen molar-refractivity contribution in [2.45, 2.75) is 0 Å². The molecule has 6 heteroatoms. The summed E-state index contributed by atoms with van der Waals surface area (Å²) >= 11 is 4.01. The molecule has 0 aromatic heterocycles. The average Bonchev–Trinajstić information content (AvgIpc) is 2.17. The molecule has 0 saturated carbocycles. The summed E-state index contributed by atoms with van der Waals surface area (Å²) in [4.78, 5) is 0. The SMILES string of the molecule is C1SCN2CN1N1CSCN2C1. The van der Waals surface area contributed by atoms with Gasteiger partial charge in [-0.1, -0.05) is 0 Å². The van der Waals surface area contributed by atoms with Gasteiger partial charge in [0.15, 0.2) is 0 Å². The molecule has 0 radical (unpaired) electrons. The minimum absolute atomic E-state index is 1.10. The van der Waals surface area contributed by atoms with Gasteiger partial charge in [0.25, 0.3) is 0 Å². The van der Waals surface area contributed by atoms with Gasteiger partial charge in [-0.25, -0.2) is 20.0 Å². The van der Waals surface area contributed by atoms with E-state index >= 15 is 0 Å². The molecule has 0 aromatic carbocycles. The highest BCUT2D eigenvalue weighted by atomic mass is 32.2. The zero-order chi connectivity index (χ0) is 7.97. The summed E-state index contributed by atoms with van der Waals surface area (Å²) in [7, 11) is 0. The van der Waals surface area contributed by atoms with Crippen molar-refractivity contribution in [3.8, 4) is 0 Å². The predicted octanol–water partition coefficient (Wildman–Crippen LogP) is 0.277. The third-order valence-corrected chi connectivity index (χ3v) is 4.34. The molecule has 0 aliphatic carbocycles. The Labute approximate surface area is 80.8 Å². The molecule has 3 saturated heterocycles. The smallest absolute Gasteiger partial charge is 0.0807 e. The van der Waals surface area contributed by atoms with Crippen LogP contribution in [0.4, 0.5) is 0 Å². The van der Waals surface area contributed by atoms with Crippen LogP contribution < -0.4 is 0 Å². The lowest BCUT2D eigenvalue weighted by molar-refractivity contribution is -0.205. The third kappa shape index (κ3) is 1.18. The molecular weight excluding hydrogens is 192 g/mol. The standard InChI is InChI=1S/C6H12N4S2/c1-7-3-11-4-8(1)10-2-9(7)5-12-6-10/h1-6H2. The quantitative estimate of drug-likeness (QED) is 0.558. The molecular formula is C6H12N4S2. The van der Waals surface area contributed by atoms with Crippen molar-refractivity contribution >= 4 is 23.5 Å². The number of rotatable bonds is 0. The highest BCUT2D eigenvalue weighted by molar-refractivity contribution is 7.99. The fourth-order valence-corrected chi connectivity index (χ4v) is 3.71. The van der Waals surface area contributed by atoms with Crippen LogP contribution in [0.25, 0.3) is 0 Å². The number of hydrogen-bond acceptors (Lipinski definition) is 6. The molecule has 4 nitrogen and oxygen atoms in total. The number of nitrogens with zero attached hydrogens (tertiary/aromatic N) is 4. The lowest BCUT2D eigenvalue weighted by atomic mass is 10.7. The maximum Gasteiger partial charge on any atom is 0.0807 e. The molecule has 0 N–H and O–H groups in total. The molecule has 3 fully saturated rings. The second-order valence-electron chi connectivity index (χ2n) is 3.23. The maximum absolute atomic E-state index is 2.44. The predicted molar refractivity (Wildman–Crippen MR) is 51.7 cm³/mol. The first-order valence-corrected chi connectivity index (χ1v) is 6.39. The van der Waals surface area contributed by atoms with Crippen molar-refractivity contribution in [3.63, 3.8) is 0 Å². The van der Waals surface area contributed by atoms with E-state index in [-0.39, 0.29) is 0 Å². The van der Waals surface area contributed by atoms with E-state index in [4.69, 9.17) is 0 Å². The zero-order valence-electron chi connectivity index (χ0n) is 6.85. The highest BCUT2D eigenvalue weighted by Gasteiger charge is 2.35. The van der Waals surface area contributed by atoms with Gasteiger partial charge in [-0.2, -0.15) is 0 Å². The van der Waals surface area contributed by atoms with Gasteiger partial charge < -0.3 is 0 Å². The van der Waals surface area contributed by atoms with Crippen LogP contribution in [0.2, 0.25) is 0 Å². The van der Waals surface area contributed by atoms with Crippen LogP contribution in [-0.2, 0) is 0 Å². The first-order chi connectivity index (χ1) is 5.93. The highest BCUT2D eigenvalue weighted by Crippen LogP contribution is 2.29. The Morgan fingerprint density at radius 1 is 0.583 bits per heavy atom. The van der Waals surface area contributed by atoms with E-state index in [9.17, 15) is 0 Å². The number of fused-ring (bicyclic) bond motifs is 6. The maximum atomic E-state index is 2.44. The average molecular weight is 204 g/mol. The van der Waals surface area contributed by atoms with Gasteiger partial charge in [-0.3, -0.25) is 0 Å². The molecule has 0 amide bonds. The fourth-order valence-electron chi connectivity index (χ4n) is 1.73. The summed E-state index contributed by atoms with van der Waals surface area (Å²) in [5.41, 5.74) is 0. The summed E-state index contributed by atoms with van der Waals surface area (Å²) < 4.78 is 0. The molecule has 0 aromatic rings. The van der Waals surface area contributed by atoms with Crippen molar-refractivity contribution in [1.29, 1.82) is 0 Å². The first-order valence-electron chi connectivity index (χ1n) is 4.08. The Bertz CT molecular complexity index is 154. The van der Waals surface area contributed by atoms with Gasteiger partial charge in [0.2, 0.25) is 0 Å². The van der Waals surface area contributed by atoms with Crippen LogP contribution in [-0.4, -0.2) is 56.9 Å². The normalized spacial score (nSPS) is 52.0. The van der Waals surface area contributed by atoms with Gasteiger partial charge in [0.05, 0.1) is 36.8 Å². The molecule has 4 atom stereocenters. The van der Waals surface area contributed by atoms with Gasteiger partial charge in [-0.15, -0.1) is 23.5 Å². The Kier molecular flexibility index (Phi) is 2.00. The second-order valence-corrected chi connectivity index (χ2v) is 5.08. The van der Waals surface area contributed by atoms with Crippen molar-refractivity contribution in [2.75, 3.05) is 36.8 Å². The Morgan fingerprint density at radius 3 is 1.25 bits per heavy atom. The van der Waals surface area contributed by atoms with E-state index in [2.05, 4.69) is 20.0 Å². The Balaban J connectivity index is 1.83. The summed E-state index contributed by atoms with van der Waals surface area (Å²) in [6.07, 6.45) is 0. The first kappa shape index (κ1) is 7.90. The van der Waals surface area contributed by atoms with Gasteiger partial charge in [0, 0.05) is 0 Å². The molecule has 12 heavy (non-hydrogen) atoms. The van der Waals surface area contributed by atoms with E-state index in [1.165, 1.54) is 23.5 Å². The van der Waals surface area contributed by atoms with E-state index in [1.807, 2.05) is 23.5 Å². The molecule has 3 rings (SSSR count). The van der Waals surface area contributed by atoms with Gasteiger partial charge in [0.1, 0.15) is 0 Å². The van der Waals surface area contributed by atoms with Crippen LogP contribution in [0.5, 0.6) is 0 Å². The monoisotopic (exact) mass is 204 g/mol. The number of thioether (sulfide) groups is 2. The van der Waals surface area contributed by atoms with Crippen molar-refractivity contribution in [1.82, 2.24) is 20.0 Å². The lowest BCUT2D eigenvalue weighted by Crippen LogP contribution is -2.67.